The van der Waals surface area contributed by atoms with E-state index in [0.29, 0.717) is 0 Å². The molecule has 0 heterocycles. The Kier molecular flexibility index (Phi) is 4.12. The smallest absolute Gasteiger partial charge is 0.306 e. The summed E-state index contributed by atoms with van der Waals surface area (Å²) in [5, 5.41) is 8.50. The van der Waals surface area contributed by atoms with Gasteiger partial charge in [-0.1, -0.05) is 12.2 Å². The molecule has 0 saturated carbocycles. The minimum atomic E-state index is -0.653. The first-order valence-electron chi connectivity index (χ1n) is 3.18. The Morgan fingerprint density at radius 2 is 2.20 bits per heavy atom. The van der Waals surface area contributed by atoms with Crippen LogP contribution in [0.25, 0.3) is 0 Å². The maximum Gasteiger partial charge on any atom is 0.306 e. The topological polar surface area (TPSA) is 37.3 Å². The van der Waals surface area contributed by atoms with E-state index in [-0.39, 0.29) is 18.3 Å². The molecule has 0 aromatic rings. The van der Waals surface area contributed by atoms with Gasteiger partial charge < -0.3 is 17.5 Å². The molecule has 1 aliphatic rings. The summed E-state index contributed by atoms with van der Waals surface area (Å²) in [7, 11) is 0. The second kappa shape index (κ2) is 4.34. The Labute approximate surface area is 66.3 Å². The zero-order valence-electron chi connectivity index (χ0n) is 5.59. The van der Waals surface area contributed by atoms with E-state index in [1.807, 2.05) is 12.2 Å². The molecule has 0 aromatic carbocycles. The average Bonchev–Trinajstić information content (AvgIpc) is 1.90. The van der Waals surface area contributed by atoms with E-state index >= 15 is 0 Å². The lowest BCUT2D eigenvalue weighted by Gasteiger charge is -2.11. The third-order valence-corrected chi connectivity index (χ3v) is 1.62. The Bertz CT molecular complexity index is 143. The summed E-state index contributed by atoms with van der Waals surface area (Å²) in [4.78, 5) is 10.3. The number of rotatable bonds is 1. The first-order valence-corrected chi connectivity index (χ1v) is 3.18. The lowest BCUT2D eigenvalue weighted by molar-refractivity contribution is -0.141. The molecule has 0 fully saturated rings. The van der Waals surface area contributed by atoms with Crippen LogP contribution in [0.2, 0.25) is 0 Å². The molecule has 3 heteroatoms. The van der Waals surface area contributed by atoms with Crippen LogP contribution >= 0.6 is 0 Å². The molecule has 0 spiro atoms. The second-order valence-electron chi connectivity index (χ2n) is 2.32. The lowest BCUT2D eigenvalue weighted by atomic mass is 9.95. The van der Waals surface area contributed by atoms with Gasteiger partial charge in [-0.05, 0) is 19.3 Å². The van der Waals surface area contributed by atoms with Gasteiger partial charge in [0.05, 0.1) is 5.92 Å². The molecule has 1 rings (SSSR count). The molecular weight excluding hydrogens is 152 g/mol. The van der Waals surface area contributed by atoms with E-state index in [1.54, 1.807) is 0 Å². The molecule has 58 valence electrons. The second-order valence-corrected chi connectivity index (χ2v) is 2.32. The fourth-order valence-electron chi connectivity index (χ4n) is 1.02. The standard InChI is InChI=1S/C7H10O2.ClH/c8-7(9)6-4-2-1-3-5-6;/h1-2,6H,3-5H2,(H,8,9);1H/p-1. The minimum Gasteiger partial charge on any atom is -1.00 e. The van der Waals surface area contributed by atoms with Crippen LogP contribution in [-0.2, 0) is 4.79 Å². The van der Waals surface area contributed by atoms with Gasteiger partial charge in [0.25, 0.3) is 0 Å². The minimum absolute atomic E-state index is 0. The van der Waals surface area contributed by atoms with Gasteiger partial charge in [0.2, 0.25) is 0 Å². The summed E-state index contributed by atoms with van der Waals surface area (Å²) < 4.78 is 0. The molecule has 2 nitrogen and oxygen atoms in total. The maximum atomic E-state index is 10.3. The largest absolute Gasteiger partial charge is 1.00 e. The van der Waals surface area contributed by atoms with Crippen molar-refractivity contribution in [2.24, 2.45) is 5.92 Å². The van der Waals surface area contributed by atoms with Gasteiger partial charge in [-0.15, -0.1) is 0 Å². The first kappa shape index (κ1) is 9.50. The zero-order chi connectivity index (χ0) is 6.69. The third kappa shape index (κ3) is 2.40. The highest BCUT2D eigenvalue weighted by molar-refractivity contribution is 5.70. The van der Waals surface area contributed by atoms with E-state index in [4.69, 9.17) is 5.11 Å². The molecule has 0 aromatic heterocycles. The molecule has 0 bridgehead atoms. The lowest BCUT2D eigenvalue weighted by Crippen LogP contribution is -3.00. The normalized spacial score (nSPS) is 23.4. The highest BCUT2D eigenvalue weighted by Gasteiger charge is 2.16. The highest BCUT2D eigenvalue weighted by atomic mass is 35.5. The molecular formula is C7H10ClO2-. The summed E-state index contributed by atoms with van der Waals surface area (Å²) in [6.07, 6.45) is 6.44. The zero-order valence-corrected chi connectivity index (χ0v) is 6.34. The van der Waals surface area contributed by atoms with Crippen molar-refractivity contribution in [2.45, 2.75) is 19.3 Å². The Balaban J connectivity index is 0.000000810. The van der Waals surface area contributed by atoms with Gasteiger partial charge in [-0.2, -0.15) is 0 Å². The van der Waals surface area contributed by atoms with E-state index in [0.717, 1.165) is 19.3 Å². The van der Waals surface area contributed by atoms with Crippen molar-refractivity contribution in [3.8, 4) is 0 Å². The Morgan fingerprint density at radius 1 is 1.50 bits per heavy atom. The summed E-state index contributed by atoms with van der Waals surface area (Å²) in [6, 6.07) is 0. The van der Waals surface area contributed by atoms with Gasteiger partial charge >= 0.3 is 5.97 Å². The molecule has 1 aliphatic carbocycles. The molecule has 1 unspecified atom stereocenters. The van der Waals surface area contributed by atoms with Gasteiger partial charge in [0.15, 0.2) is 0 Å². The van der Waals surface area contributed by atoms with Crippen LogP contribution in [0, 0.1) is 5.92 Å². The Hall–Kier alpha value is -0.500. The molecule has 10 heavy (non-hydrogen) atoms. The van der Waals surface area contributed by atoms with E-state index in [2.05, 4.69) is 0 Å². The highest BCUT2D eigenvalue weighted by Crippen LogP contribution is 2.17. The number of hydrogen-bond acceptors (Lipinski definition) is 1. The van der Waals surface area contributed by atoms with E-state index in [9.17, 15) is 4.79 Å². The van der Waals surface area contributed by atoms with Crippen LogP contribution in [0.5, 0.6) is 0 Å². The monoisotopic (exact) mass is 161 g/mol. The maximum absolute atomic E-state index is 10.3. The SMILES string of the molecule is O=C(O)C1CC=CCC1.[Cl-]. The fourth-order valence-corrected chi connectivity index (χ4v) is 1.02. The number of carboxylic acids is 1. The average molecular weight is 162 g/mol. The van der Waals surface area contributed by atoms with Gasteiger partial charge in [-0.25, -0.2) is 0 Å². The first-order chi connectivity index (χ1) is 4.30. The molecule has 0 saturated heterocycles. The Morgan fingerprint density at radius 3 is 2.50 bits per heavy atom. The van der Waals surface area contributed by atoms with Crippen LogP contribution in [0.15, 0.2) is 12.2 Å². The van der Waals surface area contributed by atoms with Gasteiger partial charge in [0, 0.05) is 0 Å². The van der Waals surface area contributed by atoms with Gasteiger partial charge in [-0.3, -0.25) is 4.79 Å². The predicted octanol–water partition coefficient (Wildman–Crippen LogP) is -1.57. The summed E-state index contributed by atoms with van der Waals surface area (Å²) in [6.45, 7) is 0. The summed E-state index contributed by atoms with van der Waals surface area (Å²) >= 11 is 0. The quantitative estimate of drug-likeness (QED) is 0.472. The van der Waals surface area contributed by atoms with Crippen molar-refractivity contribution in [3.63, 3.8) is 0 Å². The van der Waals surface area contributed by atoms with Crippen LogP contribution < -0.4 is 12.4 Å². The third-order valence-electron chi connectivity index (χ3n) is 1.62. The number of halogens is 1. The van der Waals surface area contributed by atoms with Crippen molar-refractivity contribution in [1.82, 2.24) is 0 Å². The van der Waals surface area contributed by atoms with Crippen LogP contribution in [0.1, 0.15) is 19.3 Å². The van der Waals surface area contributed by atoms with Crippen molar-refractivity contribution < 1.29 is 22.3 Å². The number of allylic oxidation sites excluding steroid dienone is 2. The van der Waals surface area contributed by atoms with Crippen molar-refractivity contribution >= 4 is 5.97 Å². The van der Waals surface area contributed by atoms with Crippen molar-refractivity contribution in [2.75, 3.05) is 0 Å². The van der Waals surface area contributed by atoms with E-state index < -0.39 is 5.97 Å². The van der Waals surface area contributed by atoms with Gasteiger partial charge in [0.1, 0.15) is 0 Å². The number of carbonyl (C=O) groups is 1. The fraction of sp³-hybridized carbons (Fsp3) is 0.571. The molecule has 0 amide bonds. The van der Waals surface area contributed by atoms with Crippen LogP contribution in [0.4, 0.5) is 0 Å². The summed E-state index contributed by atoms with van der Waals surface area (Å²) in [5.74, 6) is -0.769. The number of hydrogen-bond donors (Lipinski definition) is 1. The molecule has 0 aliphatic heterocycles. The molecule has 1 atom stereocenters. The molecule has 0 radical (unpaired) electrons. The van der Waals surface area contributed by atoms with Crippen LogP contribution in [0.3, 0.4) is 0 Å². The predicted molar refractivity (Wildman–Crippen MR) is 34.1 cm³/mol. The number of aliphatic carboxylic acids is 1. The van der Waals surface area contributed by atoms with Crippen LogP contribution in [-0.4, -0.2) is 11.1 Å². The summed E-state index contributed by atoms with van der Waals surface area (Å²) in [5.41, 5.74) is 0. The molecule has 1 N–H and O–H groups in total. The van der Waals surface area contributed by atoms with Crippen molar-refractivity contribution in [1.29, 1.82) is 0 Å². The number of carboxylic acid groups (broad SMARTS) is 1. The van der Waals surface area contributed by atoms with Crippen molar-refractivity contribution in [3.05, 3.63) is 12.2 Å². The van der Waals surface area contributed by atoms with E-state index in [1.165, 1.54) is 0 Å².